The molecule has 0 saturated heterocycles. The smallest absolute Gasteiger partial charge is 0.326 e. The molecular formula is C12H16N4O3S. The predicted octanol–water partition coefficient (Wildman–Crippen LogP) is 0.0710. The van der Waals surface area contributed by atoms with E-state index in [-0.39, 0.29) is 6.42 Å². The van der Waals surface area contributed by atoms with Gasteiger partial charge in [0.2, 0.25) is 0 Å². The Labute approximate surface area is 120 Å². The highest BCUT2D eigenvalue weighted by Crippen LogP contribution is 1.99. The van der Waals surface area contributed by atoms with Crippen LogP contribution in [0.3, 0.4) is 0 Å². The summed E-state index contributed by atoms with van der Waals surface area (Å²) < 4.78 is 0. The molecule has 1 atom stereocenters. The third kappa shape index (κ3) is 6.15. The number of aromatic amines is 1. The summed E-state index contributed by atoms with van der Waals surface area (Å²) in [5, 5.41) is 14.0. The summed E-state index contributed by atoms with van der Waals surface area (Å²) in [4.78, 5) is 29.2. The second-order valence-corrected chi connectivity index (χ2v) is 4.93. The van der Waals surface area contributed by atoms with Gasteiger partial charge in [-0.05, 0) is 0 Å². The Hall–Kier alpha value is -2.14. The Morgan fingerprint density at radius 1 is 1.60 bits per heavy atom. The Morgan fingerprint density at radius 2 is 2.40 bits per heavy atom. The first-order valence-corrected chi connectivity index (χ1v) is 7.04. The monoisotopic (exact) mass is 296 g/mol. The summed E-state index contributed by atoms with van der Waals surface area (Å²) in [5.74, 6) is 2.64. The Bertz CT molecular complexity index is 470. The molecule has 0 unspecified atom stereocenters. The quantitative estimate of drug-likeness (QED) is 0.401. The molecule has 0 aliphatic carbocycles. The van der Waals surface area contributed by atoms with Gasteiger partial charge in [0.05, 0.1) is 12.1 Å². The van der Waals surface area contributed by atoms with Gasteiger partial charge in [0.15, 0.2) is 0 Å². The number of nitrogens with one attached hydrogen (secondary N) is 3. The fourth-order valence-electron chi connectivity index (χ4n) is 1.39. The average Bonchev–Trinajstić information content (AvgIpc) is 2.90. The van der Waals surface area contributed by atoms with Gasteiger partial charge in [-0.1, -0.05) is 5.92 Å². The summed E-state index contributed by atoms with van der Waals surface area (Å²) in [6.07, 6.45) is 8.21. The zero-order valence-corrected chi connectivity index (χ0v) is 11.6. The second kappa shape index (κ2) is 8.87. The topological polar surface area (TPSA) is 107 Å². The summed E-state index contributed by atoms with van der Waals surface area (Å²) in [6.45, 7) is 0.425. The van der Waals surface area contributed by atoms with Crippen molar-refractivity contribution in [2.24, 2.45) is 0 Å². The van der Waals surface area contributed by atoms with Crippen LogP contribution in [0.5, 0.6) is 0 Å². The fourth-order valence-corrected chi connectivity index (χ4v) is 1.90. The van der Waals surface area contributed by atoms with Gasteiger partial charge in [0.25, 0.3) is 0 Å². The number of terminal acetylenes is 1. The number of urea groups is 1. The van der Waals surface area contributed by atoms with E-state index in [9.17, 15) is 9.59 Å². The van der Waals surface area contributed by atoms with Crippen LogP contribution in [0.4, 0.5) is 4.79 Å². The summed E-state index contributed by atoms with van der Waals surface area (Å²) in [5.41, 5.74) is 0.641. The number of carboxylic acids is 1. The van der Waals surface area contributed by atoms with Crippen LogP contribution < -0.4 is 10.6 Å². The minimum absolute atomic E-state index is 0.147. The van der Waals surface area contributed by atoms with Crippen molar-refractivity contribution < 1.29 is 14.7 Å². The molecule has 8 heteroatoms. The third-order valence-corrected chi connectivity index (χ3v) is 3.16. The molecule has 0 saturated carbocycles. The van der Waals surface area contributed by atoms with Crippen molar-refractivity contribution in [3.05, 3.63) is 18.2 Å². The SMILES string of the molecule is C#CCSCCNC(=O)N[C@@H](Cc1cnc[nH]1)C(=O)O. The molecule has 0 aromatic carbocycles. The van der Waals surface area contributed by atoms with Gasteiger partial charge < -0.3 is 20.7 Å². The van der Waals surface area contributed by atoms with Crippen LogP contribution in [0.1, 0.15) is 5.69 Å². The van der Waals surface area contributed by atoms with E-state index in [1.165, 1.54) is 24.3 Å². The van der Waals surface area contributed by atoms with Gasteiger partial charge in [-0.2, -0.15) is 0 Å². The van der Waals surface area contributed by atoms with Crippen molar-refractivity contribution in [2.75, 3.05) is 18.1 Å². The molecule has 0 aliphatic heterocycles. The number of carboxylic acid groups (broad SMARTS) is 1. The first-order chi connectivity index (χ1) is 9.63. The van der Waals surface area contributed by atoms with Crippen molar-refractivity contribution in [3.63, 3.8) is 0 Å². The molecule has 0 fully saturated rings. The van der Waals surface area contributed by atoms with E-state index < -0.39 is 18.0 Å². The number of carbonyl (C=O) groups excluding carboxylic acids is 1. The lowest BCUT2D eigenvalue weighted by molar-refractivity contribution is -0.139. The minimum atomic E-state index is -1.10. The number of imidazole rings is 1. The summed E-state index contributed by atoms with van der Waals surface area (Å²) in [7, 11) is 0. The molecule has 7 nitrogen and oxygen atoms in total. The maximum atomic E-state index is 11.6. The van der Waals surface area contributed by atoms with Crippen LogP contribution in [-0.4, -0.2) is 51.2 Å². The van der Waals surface area contributed by atoms with Crippen molar-refractivity contribution in [2.45, 2.75) is 12.5 Å². The van der Waals surface area contributed by atoms with E-state index in [1.807, 2.05) is 0 Å². The lowest BCUT2D eigenvalue weighted by Gasteiger charge is -2.14. The average molecular weight is 296 g/mol. The Balaban J connectivity index is 2.32. The lowest BCUT2D eigenvalue weighted by atomic mass is 10.2. The van der Waals surface area contributed by atoms with Gasteiger partial charge in [-0.15, -0.1) is 18.2 Å². The van der Waals surface area contributed by atoms with E-state index >= 15 is 0 Å². The third-order valence-electron chi connectivity index (χ3n) is 2.30. The number of hydrogen-bond donors (Lipinski definition) is 4. The molecule has 1 heterocycles. The zero-order chi connectivity index (χ0) is 14.8. The van der Waals surface area contributed by atoms with Gasteiger partial charge in [-0.3, -0.25) is 0 Å². The van der Waals surface area contributed by atoms with Crippen molar-refractivity contribution in [1.29, 1.82) is 0 Å². The summed E-state index contributed by atoms with van der Waals surface area (Å²) in [6, 6.07) is -1.52. The van der Waals surface area contributed by atoms with E-state index in [0.717, 1.165) is 0 Å². The van der Waals surface area contributed by atoms with Crippen LogP contribution in [0, 0.1) is 12.3 Å². The van der Waals surface area contributed by atoms with Crippen LogP contribution >= 0.6 is 11.8 Å². The molecule has 108 valence electrons. The van der Waals surface area contributed by atoms with Gasteiger partial charge in [0, 0.05) is 30.6 Å². The van der Waals surface area contributed by atoms with E-state index in [1.54, 1.807) is 0 Å². The van der Waals surface area contributed by atoms with Gasteiger partial charge in [0.1, 0.15) is 6.04 Å². The Morgan fingerprint density at radius 3 is 3.00 bits per heavy atom. The van der Waals surface area contributed by atoms with E-state index in [4.69, 9.17) is 11.5 Å². The molecule has 0 aliphatic rings. The molecule has 1 aromatic heterocycles. The minimum Gasteiger partial charge on any atom is -0.480 e. The molecule has 0 radical (unpaired) electrons. The molecule has 2 amide bonds. The fraction of sp³-hybridized carbons (Fsp3) is 0.417. The number of H-pyrrole nitrogens is 1. The molecule has 20 heavy (non-hydrogen) atoms. The van der Waals surface area contributed by atoms with E-state index in [2.05, 4.69) is 26.5 Å². The highest BCUT2D eigenvalue weighted by atomic mass is 32.2. The molecular weight excluding hydrogens is 280 g/mol. The number of amides is 2. The second-order valence-electron chi connectivity index (χ2n) is 3.83. The number of hydrogen-bond acceptors (Lipinski definition) is 4. The predicted molar refractivity (Wildman–Crippen MR) is 76.4 cm³/mol. The normalized spacial score (nSPS) is 11.3. The molecule has 1 aromatic rings. The summed E-state index contributed by atoms with van der Waals surface area (Å²) >= 11 is 1.52. The number of nitrogens with zero attached hydrogens (tertiary/aromatic N) is 1. The number of carbonyl (C=O) groups is 2. The van der Waals surface area contributed by atoms with Crippen molar-refractivity contribution in [3.8, 4) is 12.3 Å². The standard InChI is InChI=1S/C12H16N4O3S/c1-2-4-20-5-3-14-12(19)16-10(11(17)18)6-9-7-13-8-15-9/h1,7-8,10H,3-6H2,(H,13,15)(H,17,18)(H2,14,16,19)/t10-/m0/s1. The largest absolute Gasteiger partial charge is 0.480 e. The zero-order valence-electron chi connectivity index (χ0n) is 10.8. The molecule has 0 bridgehead atoms. The maximum Gasteiger partial charge on any atom is 0.326 e. The molecule has 0 spiro atoms. The van der Waals surface area contributed by atoms with Crippen LogP contribution in [0.2, 0.25) is 0 Å². The number of rotatable bonds is 8. The maximum absolute atomic E-state index is 11.6. The first-order valence-electron chi connectivity index (χ1n) is 5.89. The first kappa shape index (κ1) is 15.9. The molecule has 4 N–H and O–H groups in total. The highest BCUT2D eigenvalue weighted by molar-refractivity contribution is 7.99. The molecule has 1 rings (SSSR count). The lowest BCUT2D eigenvalue weighted by Crippen LogP contribution is -2.47. The van der Waals surface area contributed by atoms with Crippen LogP contribution in [-0.2, 0) is 11.2 Å². The number of aromatic nitrogens is 2. The highest BCUT2D eigenvalue weighted by Gasteiger charge is 2.20. The number of thioether (sulfide) groups is 1. The van der Waals surface area contributed by atoms with Gasteiger partial charge >= 0.3 is 12.0 Å². The van der Waals surface area contributed by atoms with Crippen LogP contribution in [0.15, 0.2) is 12.5 Å². The number of aliphatic carboxylic acids is 1. The van der Waals surface area contributed by atoms with Crippen molar-refractivity contribution in [1.82, 2.24) is 20.6 Å². The van der Waals surface area contributed by atoms with Crippen molar-refractivity contribution >= 4 is 23.8 Å². The van der Waals surface area contributed by atoms with Crippen LogP contribution in [0.25, 0.3) is 0 Å². The Kier molecular flexibility index (Phi) is 7.06. The van der Waals surface area contributed by atoms with E-state index in [0.29, 0.717) is 23.7 Å². The van der Waals surface area contributed by atoms with Gasteiger partial charge in [-0.25, -0.2) is 14.6 Å².